The van der Waals surface area contributed by atoms with Crippen LogP contribution in [-0.2, 0) is 0 Å². The number of rotatable bonds is 2. The number of nitrogens with two attached hydrogens (primary N) is 1. The third-order valence-electron chi connectivity index (χ3n) is 1.65. The Morgan fingerprint density at radius 2 is 2.23 bits per heavy atom. The molecule has 1 aromatic rings. The summed E-state index contributed by atoms with van der Waals surface area (Å²) in [5.74, 6) is 0. The van der Waals surface area contributed by atoms with E-state index in [0.29, 0.717) is 11.8 Å². The molecule has 13 heavy (non-hydrogen) atoms. The van der Waals surface area contributed by atoms with Crippen LogP contribution in [0.15, 0.2) is 6.07 Å². The van der Waals surface area contributed by atoms with E-state index in [0.717, 1.165) is 0 Å². The smallest absolute Gasteiger partial charge is 0.280 e. The first-order chi connectivity index (χ1) is 6.06. The first-order valence-electron chi connectivity index (χ1n) is 3.56. The molecule has 1 heterocycles. The molecule has 0 fully saturated rings. The number of carbonyl (C=O) groups excluding carboxylic acids is 1. The average Bonchev–Trinajstić information content (AvgIpc) is 2.09. The summed E-state index contributed by atoms with van der Waals surface area (Å²) >= 11 is 0. The van der Waals surface area contributed by atoms with Crippen LogP contribution in [0, 0.1) is 6.92 Å². The molecule has 3 nitrogen and oxygen atoms in total. The third kappa shape index (κ3) is 1.80. The standard InChI is InChI=1S/C8H8F2N2O/c1-4-2-5(8(9)10)12-6(3-13)7(4)11/h2-3,8H,11H2,1H3. The summed E-state index contributed by atoms with van der Waals surface area (Å²) in [5, 5.41) is 0. The van der Waals surface area contributed by atoms with Crippen LogP contribution < -0.4 is 5.73 Å². The molecule has 0 aliphatic carbocycles. The van der Waals surface area contributed by atoms with Crippen molar-refractivity contribution in [2.75, 3.05) is 5.73 Å². The monoisotopic (exact) mass is 186 g/mol. The molecule has 2 N–H and O–H groups in total. The second-order valence-electron chi connectivity index (χ2n) is 2.58. The zero-order valence-corrected chi connectivity index (χ0v) is 6.92. The van der Waals surface area contributed by atoms with E-state index in [2.05, 4.69) is 4.98 Å². The van der Waals surface area contributed by atoms with Crippen molar-refractivity contribution in [3.63, 3.8) is 0 Å². The average molecular weight is 186 g/mol. The number of hydrogen-bond donors (Lipinski definition) is 1. The number of aromatic nitrogens is 1. The van der Waals surface area contributed by atoms with Crippen molar-refractivity contribution >= 4 is 12.0 Å². The van der Waals surface area contributed by atoms with Crippen LogP contribution >= 0.6 is 0 Å². The van der Waals surface area contributed by atoms with E-state index >= 15 is 0 Å². The Morgan fingerprint density at radius 1 is 1.62 bits per heavy atom. The molecule has 0 saturated carbocycles. The van der Waals surface area contributed by atoms with E-state index in [1.54, 1.807) is 6.92 Å². The predicted molar refractivity (Wildman–Crippen MR) is 43.7 cm³/mol. The van der Waals surface area contributed by atoms with E-state index in [9.17, 15) is 13.6 Å². The Labute approximate surface area is 73.6 Å². The molecule has 0 atom stereocenters. The van der Waals surface area contributed by atoms with Gasteiger partial charge in [-0.2, -0.15) is 0 Å². The number of aryl methyl sites for hydroxylation is 1. The molecule has 0 aromatic carbocycles. The normalized spacial score (nSPS) is 10.5. The van der Waals surface area contributed by atoms with Crippen molar-refractivity contribution in [1.82, 2.24) is 4.98 Å². The van der Waals surface area contributed by atoms with E-state index in [-0.39, 0.29) is 11.4 Å². The van der Waals surface area contributed by atoms with Crippen LogP contribution in [0.1, 0.15) is 28.2 Å². The molecule has 0 saturated heterocycles. The zero-order chi connectivity index (χ0) is 10.0. The highest BCUT2D eigenvalue weighted by atomic mass is 19.3. The summed E-state index contributed by atoms with van der Waals surface area (Å²) in [6.07, 6.45) is -2.31. The summed E-state index contributed by atoms with van der Waals surface area (Å²) in [4.78, 5) is 13.8. The Hall–Kier alpha value is -1.52. The highest BCUT2D eigenvalue weighted by Crippen LogP contribution is 2.21. The summed E-state index contributed by atoms with van der Waals surface area (Å²) < 4.78 is 24.4. The maximum Gasteiger partial charge on any atom is 0.280 e. The lowest BCUT2D eigenvalue weighted by Crippen LogP contribution is -2.03. The van der Waals surface area contributed by atoms with Gasteiger partial charge in [0.1, 0.15) is 11.4 Å². The highest BCUT2D eigenvalue weighted by Gasteiger charge is 2.13. The fourth-order valence-corrected chi connectivity index (χ4v) is 0.935. The molecule has 5 heteroatoms. The lowest BCUT2D eigenvalue weighted by atomic mass is 10.1. The molecular weight excluding hydrogens is 178 g/mol. The minimum atomic E-state index is -2.68. The number of carbonyl (C=O) groups is 1. The maximum atomic E-state index is 12.2. The summed E-state index contributed by atoms with van der Waals surface area (Å²) in [5.41, 5.74) is 5.46. The summed E-state index contributed by atoms with van der Waals surface area (Å²) in [6, 6.07) is 1.17. The van der Waals surface area contributed by atoms with Crippen LogP contribution in [0.5, 0.6) is 0 Å². The van der Waals surface area contributed by atoms with Gasteiger partial charge >= 0.3 is 0 Å². The van der Waals surface area contributed by atoms with Crippen LogP contribution in [0.3, 0.4) is 0 Å². The van der Waals surface area contributed by atoms with Crippen LogP contribution in [0.4, 0.5) is 14.5 Å². The number of alkyl halides is 2. The third-order valence-corrected chi connectivity index (χ3v) is 1.65. The lowest BCUT2D eigenvalue weighted by molar-refractivity contribution is 0.111. The van der Waals surface area contributed by atoms with Crippen LogP contribution in [0.2, 0.25) is 0 Å². The maximum absolute atomic E-state index is 12.2. The van der Waals surface area contributed by atoms with E-state index < -0.39 is 12.1 Å². The van der Waals surface area contributed by atoms with Gasteiger partial charge in [-0.1, -0.05) is 0 Å². The van der Waals surface area contributed by atoms with Crippen molar-refractivity contribution in [3.05, 3.63) is 23.0 Å². The van der Waals surface area contributed by atoms with Gasteiger partial charge in [-0.15, -0.1) is 0 Å². The second-order valence-corrected chi connectivity index (χ2v) is 2.58. The van der Waals surface area contributed by atoms with Gasteiger partial charge in [0.15, 0.2) is 6.29 Å². The molecule has 0 unspecified atom stereocenters. The van der Waals surface area contributed by atoms with Crippen molar-refractivity contribution in [1.29, 1.82) is 0 Å². The molecule has 0 aliphatic rings. The Bertz CT molecular complexity index is 339. The quantitative estimate of drug-likeness (QED) is 0.715. The largest absolute Gasteiger partial charge is 0.397 e. The number of nitrogens with zero attached hydrogens (tertiary/aromatic N) is 1. The minimum Gasteiger partial charge on any atom is -0.397 e. The van der Waals surface area contributed by atoms with Crippen LogP contribution in [0.25, 0.3) is 0 Å². The molecule has 0 radical (unpaired) electrons. The Kier molecular flexibility index (Phi) is 2.55. The molecule has 0 amide bonds. The minimum absolute atomic E-state index is 0.129. The highest BCUT2D eigenvalue weighted by molar-refractivity contribution is 5.81. The second kappa shape index (κ2) is 3.47. The van der Waals surface area contributed by atoms with Crippen LogP contribution in [-0.4, -0.2) is 11.3 Å². The van der Waals surface area contributed by atoms with Gasteiger partial charge in [-0.25, -0.2) is 13.8 Å². The van der Waals surface area contributed by atoms with Gasteiger partial charge in [0.05, 0.1) is 5.69 Å². The molecule has 70 valence electrons. The zero-order valence-electron chi connectivity index (χ0n) is 6.92. The van der Waals surface area contributed by atoms with Gasteiger partial charge in [0.2, 0.25) is 0 Å². The van der Waals surface area contributed by atoms with Crippen molar-refractivity contribution in [3.8, 4) is 0 Å². The van der Waals surface area contributed by atoms with Gasteiger partial charge < -0.3 is 5.73 Å². The molecule has 1 rings (SSSR count). The number of nitrogen functional groups attached to an aromatic ring is 1. The summed E-state index contributed by atoms with van der Waals surface area (Å²) in [6.45, 7) is 1.55. The number of aldehydes is 1. The van der Waals surface area contributed by atoms with E-state index in [1.165, 1.54) is 6.07 Å². The van der Waals surface area contributed by atoms with Gasteiger partial charge in [-0.3, -0.25) is 4.79 Å². The van der Waals surface area contributed by atoms with Gasteiger partial charge in [0, 0.05) is 0 Å². The van der Waals surface area contributed by atoms with E-state index in [4.69, 9.17) is 5.73 Å². The van der Waals surface area contributed by atoms with Crippen molar-refractivity contribution in [2.45, 2.75) is 13.3 Å². The Morgan fingerprint density at radius 3 is 2.69 bits per heavy atom. The number of anilines is 1. The van der Waals surface area contributed by atoms with Crippen molar-refractivity contribution < 1.29 is 13.6 Å². The predicted octanol–water partition coefficient (Wildman–Crippen LogP) is 1.72. The first kappa shape index (κ1) is 9.57. The topological polar surface area (TPSA) is 56.0 Å². The first-order valence-corrected chi connectivity index (χ1v) is 3.56. The Balaban J connectivity index is 3.30. The SMILES string of the molecule is Cc1cc(C(F)F)nc(C=O)c1N. The summed E-state index contributed by atoms with van der Waals surface area (Å²) in [7, 11) is 0. The van der Waals surface area contributed by atoms with Crippen molar-refractivity contribution in [2.24, 2.45) is 0 Å². The lowest BCUT2D eigenvalue weighted by Gasteiger charge is -2.05. The number of pyridine rings is 1. The van der Waals surface area contributed by atoms with E-state index in [1.807, 2.05) is 0 Å². The fourth-order valence-electron chi connectivity index (χ4n) is 0.935. The molecule has 0 bridgehead atoms. The van der Waals surface area contributed by atoms with Gasteiger partial charge in [-0.05, 0) is 18.6 Å². The van der Waals surface area contributed by atoms with Gasteiger partial charge in [0.25, 0.3) is 6.43 Å². The molecular formula is C8H8F2N2O. The number of halogens is 2. The fraction of sp³-hybridized carbons (Fsp3) is 0.250. The molecule has 0 spiro atoms. The molecule has 1 aromatic heterocycles. The molecule has 0 aliphatic heterocycles. The number of hydrogen-bond acceptors (Lipinski definition) is 3.